The highest BCUT2D eigenvalue weighted by atomic mass is 32.2. The summed E-state index contributed by atoms with van der Waals surface area (Å²) in [5.41, 5.74) is 3.96. The van der Waals surface area contributed by atoms with Crippen LogP contribution in [-0.2, 0) is 0 Å². The zero-order valence-corrected chi connectivity index (χ0v) is 18.1. The molecule has 28 heavy (non-hydrogen) atoms. The molecule has 0 aliphatic heterocycles. The van der Waals surface area contributed by atoms with Crippen molar-refractivity contribution in [1.82, 2.24) is 4.98 Å². The van der Waals surface area contributed by atoms with Crippen molar-refractivity contribution in [2.75, 3.05) is 11.4 Å². The molecule has 0 fully saturated rings. The zero-order chi connectivity index (χ0) is 20.1. The molecule has 3 aromatic rings. The second kappa shape index (κ2) is 9.18. The summed E-state index contributed by atoms with van der Waals surface area (Å²) in [4.78, 5) is 7.80. The highest BCUT2D eigenvalue weighted by molar-refractivity contribution is 8.04. The first-order valence-corrected chi connectivity index (χ1v) is 10.9. The maximum absolute atomic E-state index is 8.94. The highest BCUT2D eigenvalue weighted by Crippen LogP contribution is 2.35. The number of nitrogens with zero attached hydrogens (tertiary/aromatic N) is 5. The summed E-state index contributed by atoms with van der Waals surface area (Å²) < 4.78 is 1.01. The van der Waals surface area contributed by atoms with Crippen LogP contribution in [0.1, 0.15) is 32.8 Å². The van der Waals surface area contributed by atoms with Gasteiger partial charge in [-0.2, -0.15) is 5.26 Å². The highest BCUT2D eigenvalue weighted by Gasteiger charge is 2.12. The van der Waals surface area contributed by atoms with Gasteiger partial charge in [0.1, 0.15) is 5.40 Å². The number of nitriles is 1. The number of anilines is 1. The molecule has 0 radical (unpaired) electrons. The predicted molar refractivity (Wildman–Crippen MR) is 119 cm³/mol. The predicted octanol–water partition coefficient (Wildman–Crippen LogP) is 7.22. The van der Waals surface area contributed by atoms with Crippen molar-refractivity contribution in [1.29, 1.82) is 5.26 Å². The normalized spacial score (nSPS) is 12.4. The molecule has 0 bridgehead atoms. The van der Waals surface area contributed by atoms with Crippen molar-refractivity contribution in [2.24, 2.45) is 10.2 Å². The summed E-state index contributed by atoms with van der Waals surface area (Å²) in [7, 11) is 0. The maximum Gasteiger partial charge on any atom is 0.231 e. The Morgan fingerprint density at radius 1 is 1.25 bits per heavy atom. The lowest BCUT2D eigenvalue weighted by molar-refractivity contribution is 0.630. The minimum absolute atomic E-state index is 0.500. The second-order valence-corrected chi connectivity index (χ2v) is 8.34. The smallest absolute Gasteiger partial charge is 0.231 e. The Bertz CT molecular complexity index is 1030. The SMILES string of the molecule is CCC(C)N(CC)c1ccc(N=Nc2nc3c(SC#N)cccc3s2)c(C)c1. The first-order valence-electron chi connectivity index (χ1n) is 9.31. The largest absolute Gasteiger partial charge is 0.369 e. The van der Waals surface area contributed by atoms with E-state index in [-0.39, 0.29) is 0 Å². The first kappa shape index (κ1) is 20.3. The number of hydrogen-bond acceptors (Lipinski definition) is 7. The lowest BCUT2D eigenvalue weighted by atomic mass is 10.1. The first-order chi connectivity index (χ1) is 13.6. The van der Waals surface area contributed by atoms with Crippen molar-refractivity contribution in [3.05, 3.63) is 42.0 Å². The van der Waals surface area contributed by atoms with E-state index in [1.807, 2.05) is 24.3 Å². The van der Waals surface area contributed by atoms with Gasteiger partial charge in [-0.15, -0.1) is 10.2 Å². The molecule has 0 aliphatic rings. The van der Waals surface area contributed by atoms with Gasteiger partial charge in [0, 0.05) is 23.2 Å². The van der Waals surface area contributed by atoms with Gasteiger partial charge >= 0.3 is 0 Å². The average Bonchev–Trinajstić information content (AvgIpc) is 3.12. The molecule has 0 amide bonds. The number of para-hydroxylation sites is 1. The topological polar surface area (TPSA) is 64.6 Å². The molecule has 0 saturated carbocycles. The number of thioether (sulfide) groups is 1. The van der Waals surface area contributed by atoms with Gasteiger partial charge in [-0.25, -0.2) is 4.98 Å². The Labute approximate surface area is 174 Å². The number of thiazole rings is 1. The summed E-state index contributed by atoms with van der Waals surface area (Å²) in [5.74, 6) is 0. The standard InChI is InChI=1S/C21H23N5S2/c1-5-15(4)26(6-2)16-10-11-17(14(3)12-16)24-25-21-23-20-18(27-13-22)8-7-9-19(20)28-21/h7-12,15H,5-6H2,1-4H3. The Morgan fingerprint density at radius 2 is 2.07 bits per heavy atom. The molecule has 7 heteroatoms. The van der Waals surface area contributed by atoms with Gasteiger partial charge in [0.15, 0.2) is 0 Å². The molecule has 1 atom stereocenters. The number of azo groups is 1. The molecule has 144 valence electrons. The van der Waals surface area contributed by atoms with Gasteiger partial charge in [-0.05, 0) is 74.8 Å². The van der Waals surface area contributed by atoms with Crippen molar-refractivity contribution in [3.63, 3.8) is 0 Å². The van der Waals surface area contributed by atoms with E-state index in [4.69, 9.17) is 5.26 Å². The second-order valence-electron chi connectivity index (χ2n) is 6.51. The van der Waals surface area contributed by atoms with Crippen LogP contribution in [-0.4, -0.2) is 17.6 Å². The quantitative estimate of drug-likeness (QED) is 0.235. The maximum atomic E-state index is 8.94. The van der Waals surface area contributed by atoms with Gasteiger partial charge in [-0.3, -0.25) is 0 Å². The van der Waals surface area contributed by atoms with Gasteiger partial charge in [0.2, 0.25) is 5.13 Å². The molecule has 1 aromatic heterocycles. The van der Waals surface area contributed by atoms with E-state index in [0.717, 1.165) is 51.1 Å². The van der Waals surface area contributed by atoms with Crippen LogP contribution in [0.15, 0.2) is 51.5 Å². The van der Waals surface area contributed by atoms with E-state index in [1.165, 1.54) is 17.0 Å². The van der Waals surface area contributed by atoms with Crippen LogP contribution in [0.25, 0.3) is 10.2 Å². The van der Waals surface area contributed by atoms with Crippen LogP contribution in [0.4, 0.5) is 16.5 Å². The fraction of sp³-hybridized carbons (Fsp3) is 0.333. The van der Waals surface area contributed by atoms with Crippen LogP contribution in [0.5, 0.6) is 0 Å². The lowest BCUT2D eigenvalue weighted by Crippen LogP contribution is -2.32. The number of benzene rings is 2. The Morgan fingerprint density at radius 3 is 2.75 bits per heavy atom. The fourth-order valence-corrected chi connectivity index (χ4v) is 4.46. The molecule has 1 unspecified atom stereocenters. The summed E-state index contributed by atoms with van der Waals surface area (Å²) in [6.07, 6.45) is 1.11. The average molecular weight is 410 g/mol. The Kier molecular flexibility index (Phi) is 6.65. The van der Waals surface area contributed by atoms with E-state index in [1.54, 1.807) is 0 Å². The molecule has 5 nitrogen and oxygen atoms in total. The number of aromatic nitrogens is 1. The monoisotopic (exact) mass is 409 g/mol. The molecule has 0 N–H and O–H groups in total. The molecule has 0 saturated heterocycles. The number of hydrogen-bond donors (Lipinski definition) is 0. The van der Waals surface area contributed by atoms with E-state index < -0.39 is 0 Å². The van der Waals surface area contributed by atoms with Crippen molar-refractivity contribution < 1.29 is 0 Å². The Balaban J connectivity index is 1.86. The van der Waals surface area contributed by atoms with Gasteiger partial charge in [-0.1, -0.05) is 24.3 Å². The molecular formula is C21H23N5S2. The lowest BCUT2D eigenvalue weighted by Gasteiger charge is -2.29. The fourth-order valence-electron chi connectivity index (χ4n) is 3.08. The van der Waals surface area contributed by atoms with Crippen LogP contribution in [0.3, 0.4) is 0 Å². The number of rotatable bonds is 7. The number of thiocyanates is 1. The third-order valence-corrected chi connectivity index (χ3v) is 6.29. The minimum Gasteiger partial charge on any atom is -0.369 e. The molecule has 3 rings (SSSR count). The van der Waals surface area contributed by atoms with Gasteiger partial charge < -0.3 is 4.90 Å². The molecule has 1 heterocycles. The van der Waals surface area contributed by atoms with Crippen molar-refractivity contribution in [3.8, 4) is 5.40 Å². The van der Waals surface area contributed by atoms with Gasteiger partial charge in [0.25, 0.3) is 0 Å². The zero-order valence-electron chi connectivity index (χ0n) is 16.5. The van der Waals surface area contributed by atoms with Gasteiger partial charge in [0.05, 0.1) is 15.9 Å². The Hall–Kier alpha value is -2.43. The summed E-state index contributed by atoms with van der Waals surface area (Å²) in [5, 5.41) is 20.4. The third-order valence-electron chi connectivity index (χ3n) is 4.75. The van der Waals surface area contributed by atoms with E-state index in [2.05, 4.69) is 65.3 Å². The van der Waals surface area contributed by atoms with Crippen LogP contribution >= 0.6 is 23.1 Å². The summed E-state index contributed by atoms with van der Waals surface area (Å²) in [6, 6.07) is 12.6. The van der Waals surface area contributed by atoms with Crippen LogP contribution < -0.4 is 4.90 Å². The van der Waals surface area contributed by atoms with E-state index in [9.17, 15) is 0 Å². The van der Waals surface area contributed by atoms with Crippen LogP contribution in [0, 0.1) is 17.6 Å². The van der Waals surface area contributed by atoms with E-state index >= 15 is 0 Å². The molecule has 2 aromatic carbocycles. The van der Waals surface area contributed by atoms with Crippen molar-refractivity contribution >= 4 is 49.8 Å². The molecule has 0 aliphatic carbocycles. The van der Waals surface area contributed by atoms with E-state index in [0.29, 0.717) is 11.2 Å². The molecular weight excluding hydrogens is 386 g/mol. The minimum atomic E-state index is 0.500. The summed E-state index contributed by atoms with van der Waals surface area (Å²) in [6.45, 7) is 9.67. The summed E-state index contributed by atoms with van der Waals surface area (Å²) >= 11 is 2.60. The van der Waals surface area contributed by atoms with Crippen molar-refractivity contribution in [2.45, 2.75) is 45.1 Å². The molecule has 0 spiro atoms. The third kappa shape index (κ3) is 4.34. The number of aryl methyl sites for hydroxylation is 1. The number of fused-ring (bicyclic) bond motifs is 1. The van der Waals surface area contributed by atoms with Crippen LogP contribution in [0.2, 0.25) is 0 Å².